The molecule has 6 nitrogen and oxygen atoms in total. The highest BCUT2D eigenvalue weighted by Gasteiger charge is 2.15. The normalized spacial score (nSPS) is 13.9. The summed E-state index contributed by atoms with van der Waals surface area (Å²) in [7, 11) is 0. The van der Waals surface area contributed by atoms with Crippen LogP contribution in [0.4, 0.5) is 17.3 Å². The number of para-hydroxylation sites is 1. The van der Waals surface area contributed by atoms with E-state index in [1.165, 1.54) is 12.8 Å². The molecule has 0 aliphatic carbocycles. The van der Waals surface area contributed by atoms with Crippen LogP contribution in [0.25, 0.3) is 0 Å². The third kappa shape index (κ3) is 3.59. The minimum atomic E-state index is -0.343. The SMILES string of the molecule is CCOC(=O)c1ccccc1Nc1cc(N2CCCC2)ncn1. The van der Waals surface area contributed by atoms with Gasteiger partial charge in [-0.15, -0.1) is 0 Å². The molecule has 6 heteroatoms. The summed E-state index contributed by atoms with van der Waals surface area (Å²) in [6.45, 7) is 4.19. The number of hydrogen-bond acceptors (Lipinski definition) is 6. The van der Waals surface area contributed by atoms with E-state index < -0.39 is 0 Å². The van der Waals surface area contributed by atoms with Gasteiger partial charge in [-0.1, -0.05) is 12.1 Å². The molecule has 1 aromatic carbocycles. The van der Waals surface area contributed by atoms with Crippen molar-refractivity contribution in [1.82, 2.24) is 9.97 Å². The first-order valence-electron chi connectivity index (χ1n) is 7.88. The van der Waals surface area contributed by atoms with Crippen LogP contribution in [0.5, 0.6) is 0 Å². The van der Waals surface area contributed by atoms with E-state index in [0.717, 1.165) is 18.9 Å². The van der Waals surface area contributed by atoms with E-state index in [2.05, 4.69) is 20.2 Å². The van der Waals surface area contributed by atoms with Crippen LogP contribution in [-0.2, 0) is 4.74 Å². The molecule has 0 saturated carbocycles. The van der Waals surface area contributed by atoms with Crippen molar-refractivity contribution in [3.05, 3.63) is 42.2 Å². The third-order valence-electron chi connectivity index (χ3n) is 3.77. The van der Waals surface area contributed by atoms with Crippen molar-refractivity contribution in [1.29, 1.82) is 0 Å². The highest BCUT2D eigenvalue weighted by Crippen LogP contribution is 2.24. The zero-order chi connectivity index (χ0) is 16.1. The molecule has 0 atom stereocenters. The Labute approximate surface area is 135 Å². The lowest BCUT2D eigenvalue weighted by molar-refractivity contribution is 0.0527. The molecule has 1 aromatic heterocycles. The molecule has 1 fully saturated rings. The summed E-state index contributed by atoms with van der Waals surface area (Å²) in [4.78, 5) is 22.9. The molecule has 0 spiro atoms. The predicted octanol–water partition coefficient (Wildman–Crippen LogP) is 3.00. The van der Waals surface area contributed by atoms with Crippen LogP contribution in [0.1, 0.15) is 30.1 Å². The lowest BCUT2D eigenvalue weighted by Crippen LogP contribution is -2.19. The van der Waals surface area contributed by atoms with E-state index >= 15 is 0 Å². The van der Waals surface area contributed by atoms with Gasteiger partial charge in [-0.25, -0.2) is 14.8 Å². The molecule has 0 bridgehead atoms. The second-order valence-electron chi connectivity index (χ2n) is 5.35. The van der Waals surface area contributed by atoms with Gasteiger partial charge in [0.2, 0.25) is 0 Å². The number of esters is 1. The van der Waals surface area contributed by atoms with E-state index in [-0.39, 0.29) is 5.97 Å². The second-order valence-corrected chi connectivity index (χ2v) is 5.35. The molecule has 23 heavy (non-hydrogen) atoms. The zero-order valence-corrected chi connectivity index (χ0v) is 13.2. The van der Waals surface area contributed by atoms with Crippen LogP contribution >= 0.6 is 0 Å². The van der Waals surface area contributed by atoms with E-state index in [4.69, 9.17) is 4.74 Å². The van der Waals surface area contributed by atoms with Crippen molar-refractivity contribution in [2.75, 3.05) is 29.9 Å². The molecule has 120 valence electrons. The quantitative estimate of drug-likeness (QED) is 0.856. The fraction of sp³-hybridized carbons (Fsp3) is 0.353. The summed E-state index contributed by atoms with van der Waals surface area (Å²) in [5, 5.41) is 3.20. The number of nitrogens with zero attached hydrogens (tertiary/aromatic N) is 3. The first-order valence-corrected chi connectivity index (χ1v) is 7.88. The van der Waals surface area contributed by atoms with Crippen molar-refractivity contribution in [2.24, 2.45) is 0 Å². The van der Waals surface area contributed by atoms with Crippen LogP contribution in [0.2, 0.25) is 0 Å². The Balaban J connectivity index is 1.82. The monoisotopic (exact) mass is 312 g/mol. The van der Waals surface area contributed by atoms with Crippen LogP contribution < -0.4 is 10.2 Å². The molecule has 1 aliphatic heterocycles. The number of anilines is 3. The van der Waals surface area contributed by atoms with Crippen molar-refractivity contribution in [3.63, 3.8) is 0 Å². The van der Waals surface area contributed by atoms with Gasteiger partial charge < -0.3 is 15.0 Å². The number of aromatic nitrogens is 2. The van der Waals surface area contributed by atoms with Crippen LogP contribution in [0.15, 0.2) is 36.7 Å². The number of nitrogens with one attached hydrogen (secondary N) is 1. The summed E-state index contributed by atoms with van der Waals surface area (Å²) >= 11 is 0. The molecule has 1 saturated heterocycles. The minimum absolute atomic E-state index is 0.343. The summed E-state index contributed by atoms with van der Waals surface area (Å²) < 4.78 is 5.09. The molecule has 2 heterocycles. The number of carbonyl (C=O) groups excluding carboxylic acids is 1. The Hall–Kier alpha value is -2.63. The lowest BCUT2D eigenvalue weighted by Gasteiger charge is -2.17. The molecule has 1 N–H and O–H groups in total. The largest absolute Gasteiger partial charge is 0.462 e. The van der Waals surface area contributed by atoms with Crippen molar-refractivity contribution >= 4 is 23.3 Å². The number of benzene rings is 1. The first-order chi connectivity index (χ1) is 11.3. The summed E-state index contributed by atoms with van der Waals surface area (Å²) in [5.74, 6) is 1.23. The predicted molar refractivity (Wildman–Crippen MR) is 89.2 cm³/mol. The standard InChI is InChI=1S/C17H20N4O2/c1-2-23-17(22)13-7-3-4-8-14(13)20-15-11-16(19-12-18-15)21-9-5-6-10-21/h3-4,7-8,11-12H,2,5-6,9-10H2,1H3,(H,18,19,20). The smallest absolute Gasteiger partial charge is 0.340 e. The average molecular weight is 312 g/mol. The first kappa shape index (κ1) is 15.3. The maximum absolute atomic E-state index is 12.0. The number of rotatable bonds is 5. The van der Waals surface area contributed by atoms with Crippen LogP contribution in [-0.4, -0.2) is 35.6 Å². The van der Waals surface area contributed by atoms with Gasteiger partial charge in [0, 0.05) is 19.2 Å². The Morgan fingerprint density at radius 2 is 2.04 bits per heavy atom. The number of carbonyl (C=O) groups is 1. The van der Waals surface area contributed by atoms with Gasteiger partial charge in [-0.05, 0) is 31.9 Å². The molecular formula is C17H20N4O2. The maximum Gasteiger partial charge on any atom is 0.340 e. The topological polar surface area (TPSA) is 67.3 Å². The Bertz CT molecular complexity index is 684. The van der Waals surface area contributed by atoms with Gasteiger partial charge in [-0.3, -0.25) is 0 Å². The molecule has 1 aliphatic rings. The molecule has 3 rings (SSSR count). The molecule has 2 aromatic rings. The number of ether oxygens (including phenoxy) is 1. The molecular weight excluding hydrogens is 292 g/mol. The van der Waals surface area contributed by atoms with Gasteiger partial charge in [0.15, 0.2) is 0 Å². The Morgan fingerprint density at radius 3 is 2.83 bits per heavy atom. The molecule has 0 unspecified atom stereocenters. The van der Waals surface area contributed by atoms with Gasteiger partial charge >= 0.3 is 5.97 Å². The van der Waals surface area contributed by atoms with E-state index in [0.29, 0.717) is 23.7 Å². The zero-order valence-electron chi connectivity index (χ0n) is 13.2. The average Bonchev–Trinajstić information content (AvgIpc) is 3.10. The summed E-state index contributed by atoms with van der Waals surface area (Å²) in [6.07, 6.45) is 3.93. The van der Waals surface area contributed by atoms with Crippen LogP contribution in [0.3, 0.4) is 0 Å². The maximum atomic E-state index is 12.0. The van der Waals surface area contributed by atoms with Crippen molar-refractivity contribution in [2.45, 2.75) is 19.8 Å². The van der Waals surface area contributed by atoms with Gasteiger partial charge in [0.05, 0.1) is 17.9 Å². The molecule has 0 amide bonds. The summed E-state index contributed by atoms with van der Waals surface area (Å²) in [5.41, 5.74) is 1.17. The van der Waals surface area contributed by atoms with Gasteiger partial charge in [-0.2, -0.15) is 0 Å². The third-order valence-corrected chi connectivity index (χ3v) is 3.77. The Morgan fingerprint density at radius 1 is 1.26 bits per heavy atom. The second kappa shape index (κ2) is 7.09. The van der Waals surface area contributed by atoms with E-state index in [1.807, 2.05) is 24.3 Å². The number of hydrogen-bond donors (Lipinski definition) is 1. The fourth-order valence-electron chi connectivity index (χ4n) is 2.65. The van der Waals surface area contributed by atoms with Crippen molar-refractivity contribution in [3.8, 4) is 0 Å². The fourth-order valence-corrected chi connectivity index (χ4v) is 2.65. The lowest BCUT2D eigenvalue weighted by atomic mass is 10.2. The van der Waals surface area contributed by atoms with Crippen molar-refractivity contribution < 1.29 is 9.53 Å². The minimum Gasteiger partial charge on any atom is -0.462 e. The highest BCUT2D eigenvalue weighted by atomic mass is 16.5. The molecule has 0 radical (unpaired) electrons. The highest BCUT2D eigenvalue weighted by molar-refractivity contribution is 5.96. The van der Waals surface area contributed by atoms with Gasteiger partial charge in [0.25, 0.3) is 0 Å². The van der Waals surface area contributed by atoms with E-state index in [1.54, 1.807) is 19.3 Å². The summed E-state index contributed by atoms with van der Waals surface area (Å²) in [6, 6.07) is 9.17. The van der Waals surface area contributed by atoms with E-state index in [9.17, 15) is 4.79 Å². The Kier molecular flexibility index (Phi) is 4.71. The van der Waals surface area contributed by atoms with Gasteiger partial charge in [0.1, 0.15) is 18.0 Å². The van der Waals surface area contributed by atoms with Crippen LogP contribution in [0, 0.1) is 0 Å².